The molecule has 2 rings (SSSR count). The second kappa shape index (κ2) is 8.02. The minimum Gasteiger partial charge on any atom is -0.369 e. The van der Waals surface area contributed by atoms with Gasteiger partial charge in [0.1, 0.15) is 5.82 Å². The molecule has 0 aliphatic heterocycles. The standard InChI is InChI=1S/C19H16F7NO2/c1-2-3-16(28)27-13-7-4-11(5-8-13)14-9-6-12(10-15(14)20)17(29,18(21,22)23)19(24,25)26/h4-10,29H,2-3H2,1H3,(H,27,28). The Balaban J connectivity index is 2.38. The van der Waals surface area contributed by atoms with E-state index in [1.54, 1.807) is 0 Å². The van der Waals surface area contributed by atoms with Crippen LogP contribution in [-0.4, -0.2) is 23.4 Å². The summed E-state index contributed by atoms with van der Waals surface area (Å²) in [5, 5.41) is 11.9. The summed E-state index contributed by atoms with van der Waals surface area (Å²) in [4.78, 5) is 11.5. The molecule has 0 atom stereocenters. The molecule has 2 aromatic carbocycles. The number of hydrogen-bond acceptors (Lipinski definition) is 2. The van der Waals surface area contributed by atoms with Crippen LogP contribution in [0, 0.1) is 5.82 Å². The van der Waals surface area contributed by atoms with Crippen LogP contribution >= 0.6 is 0 Å². The van der Waals surface area contributed by atoms with E-state index in [9.17, 15) is 40.6 Å². The van der Waals surface area contributed by atoms with Crippen LogP contribution in [0.2, 0.25) is 0 Å². The Kier molecular flexibility index (Phi) is 6.27. The van der Waals surface area contributed by atoms with Crippen LogP contribution in [0.15, 0.2) is 42.5 Å². The summed E-state index contributed by atoms with van der Waals surface area (Å²) in [6.07, 6.45) is -11.3. The Morgan fingerprint density at radius 3 is 1.97 bits per heavy atom. The Hall–Kier alpha value is -2.62. The Bertz CT molecular complexity index is 860. The smallest absolute Gasteiger partial charge is 0.369 e. The lowest BCUT2D eigenvalue weighted by Crippen LogP contribution is -2.53. The first-order valence-electron chi connectivity index (χ1n) is 8.37. The summed E-state index contributed by atoms with van der Waals surface area (Å²) in [5.74, 6) is -1.62. The maximum absolute atomic E-state index is 14.3. The normalized spacial score (nSPS) is 12.7. The summed E-state index contributed by atoms with van der Waals surface area (Å²) in [7, 11) is 0. The predicted octanol–water partition coefficient (Wildman–Crippen LogP) is 5.54. The van der Waals surface area contributed by atoms with Gasteiger partial charge in [-0.3, -0.25) is 4.79 Å². The fourth-order valence-corrected chi connectivity index (χ4v) is 2.65. The van der Waals surface area contributed by atoms with Gasteiger partial charge in [0.15, 0.2) is 0 Å². The van der Waals surface area contributed by atoms with Gasteiger partial charge in [-0.25, -0.2) is 4.39 Å². The minimum atomic E-state index is -6.10. The predicted molar refractivity (Wildman–Crippen MR) is 91.4 cm³/mol. The highest BCUT2D eigenvalue weighted by Gasteiger charge is 2.71. The van der Waals surface area contributed by atoms with E-state index in [-0.39, 0.29) is 23.1 Å². The van der Waals surface area contributed by atoms with Gasteiger partial charge in [0, 0.05) is 23.2 Å². The highest BCUT2D eigenvalue weighted by atomic mass is 19.4. The summed E-state index contributed by atoms with van der Waals surface area (Å²) in [6.45, 7) is 1.81. The van der Waals surface area contributed by atoms with Crippen molar-refractivity contribution >= 4 is 11.6 Å². The highest BCUT2D eigenvalue weighted by molar-refractivity contribution is 5.90. The lowest BCUT2D eigenvalue weighted by Gasteiger charge is -2.32. The SMILES string of the molecule is CCCC(=O)Nc1ccc(-c2ccc(C(O)(C(F)(F)F)C(F)(F)F)cc2F)cc1. The van der Waals surface area contributed by atoms with Crippen LogP contribution < -0.4 is 5.32 Å². The molecule has 10 heteroatoms. The molecule has 0 saturated heterocycles. The van der Waals surface area contributed by atoms with Crippen molar-refractivity contribution < 1.29 is 40.6 Å². The third-order valence-electron chi connectivity index (χ3n) is 4.16. The molecule has 3 nitrogen and oxygen atoms in total. The van der Waals surface area contributed by atoms with Gasteiger partial charge in [-0.05, 0) is 30.2 Å². The van der Waals surface area contributed by atoms with E-state index >= 15 is 0 Å². The minimum absolute atomic E-state index is 0.00719. The van der Waals surface area contributed by atoms with Crippen LogP contribution in [0.4, 0.5) is 36.4 Å². The van der Waals surface area contributed by atoms with E-state index in [0.717, 1.165) is 6.07 Å². The fourth-order valence-electron chi connectivity index (χ4n) is 2.65. The Labute approximate surface area is 161 Å². The van der Waals surface area contributed by atoms with Crippen LogP contribution in [0.5, 0.6) is 0 Å². The number of anilines is 1. The second-order valence-corrected chi connectivity index (χ2v) is 6.28. The van der Waals surface area contributed by atoms with Gasteiger partial charge in [0.25, 0.3) is 5.60 Å². The summed E-state index contributed by atoms with van der Waals surface area (Å²) in [6, 6.07) is 6.62. The molecule has 2 N–H and O–H groups in total. The quantitative estimate of drug-likeness (QED) is 0.620. The van der Waals surface area contributed by atoms with Crippen molar-refractivity contribution in [3.8, 4) is 11.1 Å². The molecule has 158 valence electrons. The van der Waals surface area contributed by atoms with Gasteiger partial charge in [0.05, 0.1) is 0 Å². The summed E-state index contributed by atoms with van der Waals surface area (Å²) < 4.78 is 91.8. The van der Waals surface area contributed by atoms with Gasteiger partial charge in [-0.2, -0.15) is 26.3 Å². The highest BCUT2D eigenvalue weighted by Crippen LogP contribution is 2.50. The van der Waals surface area contributed by atoms with Crippen LogP contribution in [0.25, 0.3) is 11.1 Å². The number of carbonyl (C=O) groups is 1. The zero-order valence-electron chi connectivity index (χ0n) is 15.0. The summed E-state index contributed by atoms with van der Waals surface area (Å²) in [5.41, 5.74) is -6.60. The summed E-state index contributed by atoms with van der Waals surface area (Å²) >= 11 is 0. The van der Waals surface area contributed by atoms with Crippen molar-refractivity contribution in [3.05, 3.63) is 53.8 Å². The van der Waals surface area contributed by atoms with Gasteiger partial charge in [-0.1, -0.05) is 31.2 Å². The zero-order valence-corrected chi connectivity index (χ0v) is 15.0. The number of alkyl halides is 6. The first kappa shape index (κ1) is 22.7. The van der Waals surface area contributed by atoms with Gasteiger partial charge in [0.2, 0.25) is 5.91 Å². The lowest BCUT2D eigenvalue weighted by atomic mass is 9.90. The van der Waals surface area contributed by atoms with Crippen LogP contribution in [0.3, 0.4) is 0 Å². The molecule has 0 heterocycles. The lowest BCUT2D eigenvalue weighted by molar-refractivity contribution is -0.376. The van der Waals surface area contributed by atoms with Crippen molar-refractivity contribution in [1.82, 2.24) is 0 Å². The molecule has 1 amide bonds. The zero-order chi connectivity index (χ0) is 22.0. The second-order valence-electron chi connectivity index (χ2n) is 6.28. The van der Waals surface area contributed by atoms with Gasteiger partial charge >= 0.3 is 12.4 Å². The number of rotatable bonds is 5. The molecule has 0 aliphatic carbocycles. The van der Waals surface area contributed by atoms with Crippen molar-refractivity contribution in [3.63, 3.8) is 0 Å². The van der Waals surface area contributed by atoms with Crippen molar-refractivity contribution in [2.24, 2.45) is 0 Å². The number of nitrogens with one attached hydrogen (secondary N) is 1. The third kappa shape index (κ3) is 4.52. The fraction of sp³-hybridized carbons (Fsp3) is 0.316. The number of halogens is 7. The molecule has 0 saturated carbocycles. The maximum Gasteiger partial charge on any atom is 0.430 e. The molecule has 2 aromatic rings. The number of benzene rings is 2. The Morgan fingerprint density at radius 2 is 1.52 bits per heavy atom. The van der Waals surface area contributed by atoms with E-state index in [2.05, 4.69) is 5.32 Å². The van der Waals surface area contributed by atoms with Crippen molar-refractivity contribution in [1.29, 1.82) is 0 Å². The van der Waals surface area contributed by atoms with Crippen molar-refractivity contribution in [2.45, 2.75) is 37.7 Å². The Morgan fingerprint density at radius 1 is 0.966 bits per heavy atom. The molecule has 0 bridgehead atoms. The van der Waals surface area contributed by atoms with E-state index < -0.39 is 29.3 Å². The average molecular weight is 423 g/mol. The number of amides is 1. The maximum atomic E-state index is 14.3. The van der Waals surface area contributed by atoms with E-state index in [0.29, 0.717) is 24.6 Å². The molecular formula is C19H16F7NO2. The third-order valence-corrected chi connectivity index (χ3v) is 4.16. The van der Waals surface area contributed by atoms with Gasteiger partial charge < -0.3 is 10.4 Å². The molecule has 0 aromatic heterocycles. The number of aliphatic hydroxyl groups is 1. The molecule has 29 heavy (non-hydrogen) atoms. The monoisotopic (exact) mass is 423 g/mol. The molecule has 0 unspecified atom stereocenters. The van der Waals surface area contributed by atoms with Crippen LogP contribution in [0.1, 0.15) is 25.3 Å². The molecule has 0 spiro atoms. The van der Waals surface area contributed by atoms with E-state index in [1.165, 1.54) is 24.3 Å². The first-order chi connectivity index (χ1) is 13.3. The average Bonchev–Trinajstić information content (AvgIpc) is 2.60. The van der Waals surface area contributed by atoms with Gasteiger partial charge in [-0.15, -0.1) is 0 Å². The molecule has 0 radical (unpaired) electrons. The molecule has 0 aliphatic rings. The van der Waals surface area contributed by atoms with Crippen molar-refractivity contribution in [2.75, 3.05) is 5.32 Å². The van der Waals surface area contributed by atoms with Crippen LogP contribution in [-0.2, 0) is 10.4 Å². The largest absolute Gasteiger partial charge is 0.430 e. The van der Waals surface area contributed by atoms with E-state index in [1.807, 2.05) is 6.92 Å². The first-order valence-corrected chi connectivity index (χ1v) is 8.37. The van der Waals surface area contributed by atoms with E-state index in [4.69, 9.17) is 0 Å². The molecule has 0 fully saturated rings. The number of hydrogen-bond donors (Lipinski definition) is 2. The molecular weight excluding hydrogens is 407 g/mol. The topological polar surface area (TPSA) is 49.3 Å². The number of carbonyl (C=O) groups excluding carboxylic acids is 1.